The van der Waals surface area contributed by atoms with Crippen molar-refractivity contribution < 1.29 is 9.47 Å². The van der Waals surface area contributed by atoms with Crippen molar-refractivity contribution >= 4 is 0 Å². The molecule has 0 saturated carbocycles. The summed E-state index contributed by atoms with van der Waals surface area (Å²) in [5.74, 6) is 0. The lowest BCUT2D eigenvalue weighted by atomic mass is 10.1. The number of rotatable bonds is 7. The normalized spacial score (nSPS) is 32.0. The molecule has 2 aliphatic heterocycles. The van der Waals surface area contributed by atoms with E-state index in [-0.39, 0.29) is 0 Å². The van der Waals surface area contributed by atoms with Crippen LogP contribution in [0.1, 0.15) is 38.5 Å². The molecule has 2 atom stereocenters. The van der Waals surface area contributed by atoms with Crippen LogP contribution in [-0.2, 0) is 9.47 Å². The Balaban J connectivity index is 1.31. The molecule has 2 fully saturated rings. The Morgan fingerprint density at radius 1 is 0.750 bits per heavy atom. The Morgan fingerprint density at radius 2 is 1.17 bits per heavy atom. The molecule has 0 spiro atoms. The molecular formula is C10H18O2. The van der Waals surface area contributed by atoms with Gasteiger partial charge in [-0.3, -0.25) is 0 Å². The van der Waals surface area contributed by atoms with Gasteiger partial charge in [-0.2, -0.15) is 0 Å². The van der Waals surface area contributed by atoms with Crippen molar-refractivity contribution in [1.82, 2.24) is 0 Å². The molecule has 2 heteroatoms. The van der Waals surface area contributed by atoms with Crippen molar-refractivity contribution in [1.29, 1.82) is 0 Å². The number of hydrogen-bond donors (Lipinski definition) is 0. The van der Waals surface area contributed by atoms with Gasteiger partial charge in [-0.05, 0) is 12.8 Å². The van der Waals surface area contributed by atoms with E-state index in [2.05, 4.69) is 0 Å². The van der Waals surface area contributed by atoms with Crippen LogP contribution < -0.4 is 0 Å². The molecule has 2 heterocycles. The van der Waals surface area contributed by atoms with Gasteiger partial charge in [0.2, 0.25) is 0 Å². The summed E-state index contributed by atoms with van der Waals surface area (Å²) in [5.41, 5.74) is 0. The first-order chi connectivity index (χ1) is 5.95. The van der Waals surface area contributed by atoms with Gasteiger partial charge >= 0.3 is 0 Å². The van der Waals surface area contributed by atoms with Gasteiger partial charge in [0.1, 0.15) is 0 Å². The molecule has 0 amide bonds. The monoisotopic (exact) mass is 170 g/mol. The minimum atomic E-state index is 0.636. The van der Waals surface area contributed by atoms with E-state index in [1.54, 1.807) is 0 Å². The maximum atomic E-state index is 5.14. The van der Waals surface area contributed by atoms with E-state index < -0.39 is 0 Å². The molecule has 0 aromatic heterocycles. The highest BCUT2D eigenvalue weighted by Gasteiger charge is 2.22. The molecule has 0 aromatic rings. The van der Waals surface area contributed by atoms with E-state index in [9.17, 15) is 0 Å². The fraction of sp³-hybridized carbons (Fsp3) is 1.00. The molecule has 2 rings (SSSR count). The number of unbranched alkanes of at least 4 members (excludes halogenated alkanes) is 3. The van der Waals surface area contributed by atoms with E-state index in [1.165, 1.54) is 38.5 Å². The standard InChI is InChI=1S/C10H18O2/c1(3-5-9-7-11-9)2-4-6-10-8-12-10/h9-10H,1-8H2/t9-,10-/m1/s1. The van der Waals surface area contributed by atoms with Crippen molar-refractivity contribution in [3.8, 4) is 0 Å². The molecule has 0 radical (unpaired) electrons. The van der Waals surface area contributed by atoms with Crippen LogP contribution in [-0.4, -0.2) is 25.4 Å². The van der Waals surface area contributed by atoms with Gasteiger partial charge in [-0.15, -0.1) is 0 Å². The lowest BCUT2D eigenvalue weighted by molar-refractivity contribution is 0.378. The lowest BCUT2D eigenvalue weighted by Crippen LogP contribution is -1.88. The first kappa shape index (κ1) is 8.52. The van der Waals surface area contributed by atoms with Crippen LogP contribution in [0.15, 0.2) is 0 Å². The van der Waals surface area contributed by atoms with Crippen LogP contribution in [0.4, 0.5) is 0 Å². The second-order valence-electron chi connectivity index (χ2n) is 3.90. The third-order valence-corrected chi connectivity index (χ3v) is 2.61. The Labute approximate surface area is 74.2 Å². The summed E-state index contributed by atoms with van der Waals surface area (Å²) in [6.45, 7) is 2.05. The average Bonchev–Trinajstić information content (AvgIpc) is 2.89. The van der Waals surface area contributed by atoms with Crippen LogP contribution in [0.3, 0.4) is 0 Å². The van der Waals surface area contributed by atoms with Gasteiger partial charge in [-0.1, -0.05) is 25.7 Å². The van der Waals surface area contributed by atoms with E-state index >= 15 is 0 Å². The van der Waals surface area contributed by atoms with Crippen LogP contribution in [0.5, 0.6) is 0 Å². The van der Waals surface area contributed by atoms with Gasteiger partial charge in [0.25, 0.3) is 0 Å². The van der Waals surface area contributed by atoms with Gasteiger partial charge in [0, 0.05) is 0 Å². The Morgan fingerprint density at radius 3 is 1.50 bits per heavy atom. The van der Waals surface area contributed by atoms with Gasteiger partial charge < -0.3 is 9.47 Å². The van der Waals surface area contributed by atoms with Crippen molar-refractivity contribution in [2.24, 2.45) is 0 Å². The van der Waals surface area contributed by atoms with E-state index in [0.29, 0.717) is 12.2 Å². The molecule has 0 aromatic carbocycles. The van der Waals surface area contributed by atoms with Crippen molar-refractivity contribution in [2.75, 3.05) is 13.2 Å². The average molecular weight is 170 g/mol. The summed E-state index contributed by atoms with van der Waals surface area (Å²) in [6, 6.07) is 0. The van der Waals surface area contributed by atoms with Gasteiger partial charge in [0.05, 0.1) is 25.4 Å². The van der Waals surface area contributed by atoms with Crippen LogP contribution in [0.25, 0.3) is 0 Å². The highest BCUT2D eigenvalue weighted by molar-refractivity contribution is 4.70. The van der Waals surface area contributed by atoms with E-state index in [4.69, 9.17) is 9.47 Å². The maximum absolute atomic E-state index is 5.14. The van der Waals surface area contributed by atoms with Crippen LogP contribution in [0.2, 0.25) is 0 Å². The molecule has 0 bridgehead atoms. The largest absolute Gasteiger partial charge is 0.373 e. The van der Waals surface area contributed by atoms with Gasteiger partial charge in [0.15, 0.2) is 0 Å². The summed E-state index contributed by atoms with van der Waals surface area (Å²) >= 11 is 0. The molecular weight excluding hydrogens is 152 g/mol. The molecule has 2 saturated heterocycles. The summed E-state index contributed by atoms with van der Waals surface area (Å²) in [4.78, 5) is 0. The number of ether oxygens (including phenoxy) is 2. The Hall–Kier alpha value is -0.0800. The smallest absolute Gasteiger partial charge is 0.0810 e. The Bertz CT molecular complexity index is 112. The van der Waals surface area contributed by atoms with E-state index in [0.717, 1.165) is 13.2 Å². The van der Waals surface area contributed by atoms with Crippen molar-refractivity contribution in [3.05, 3.63) is 0 Å². The minimum absolute atomic E-state index is 0.636. The zero-order valence-corrected chi connectivity index (χ0v) is 7.63. The third-order valence-electron chi connectivity index (χ3n) is 2.61. The zero-order valence-electron chi connectivity index (χ0n) is 7.63. The summed E-state index contributed by atoms with van der Waals surface area (Å²) < 4.78 is 10.3. The second kappa shape index (κ2) is 4.24. The minimum Gasteiger partial charge on any atom is -0.373 e. The summed E-state index contributed by atoms with van der Waals surface area (Å²) in [6.07, 6.45) is 9.33. The highest BCUT2D eigenvalue weighted by atomic mass is 16.6. The summed E-state index contributed by atoms with van der Waals surface area (Å²) in [5, 5.41) is 0. The molecule has 2 aliphatic rings. The second-order valence-corrected chi connectivity index (χ2v) is 3.90. The molecule has 0 aliphatic carbocycles. The zero-order chi connectivity index (χ0) is 8.23. The first-order valence-electron chi connectivity index (χ1n) is 5.18. The molecule has 70 valence electrons. The van der Waals surface area contributed by atoms with Gasteiger partial charge in [-0.25, -0.2) is 0 Å². The molecule has 0 unspecified atom stereocenters. The predicted molar refractivity (Wildman–Crippen MR) is 47.2 cm³/mol. The fourth-order valence-corrected chi connectivity index (χ4v) is 1.57. The molecule has 0 N–H and O–H groups in total. The van der Waals surface area contributed by atoms with E-state index in [1.807, 2.05) is 0 Å². The van der Waals surface area contributed by atoms with Crippen LogP contribution in [0, 0.1) is 0 Å². The number of epoxide rings is 2. The lowest BCUT2D eigenvalue weighted by Gasteiger charge is -1.97. The Kier molecular flexibility index (Phi) is 3.01. The fourth-order valence-electron chi connectivity index (χ4n) is 1.57. The van der Waals surface area contributed by atoms with Crippen LogP contribution >= 0.6 is 0 Å². The summed E-state index contributed by atoms with van der Waals surface area (Å²) in [7, 11) is 0. The first-order valence-corrected chi connectivity index (χ1v) is 5.18. The third kappa shape index (κ3) is 3.55. The topological polar surface area (TPSA) is 25.1 Å². The molecule has 2 nitrogen and oxygen atoms in total. The highest BCUT2D eigenvalue weighted by Crippen LogP contribution is 2.20. The number of hydrogen-bond acceptors (Lipinski definition) is 2. The predicted octanol–water partition coefficient (Wildman–Crippen LogP) is 2.12. The maximum Gasteiger partial charge on any atom is 0.0810 e. The van der Waals surface area contributed by atoms with Crippen molar-refractivity contribution in [3.63, 3.8) is 0 Å². The van der Waals surface area contributed by atoms with Crippen molar-refractivity contribution in [2.45, 2.75) is 50.7 Å². The SMILES string of the molecule is C(CCC[C@@H]1CO1)CC[C@@H]1CO1. The molecule has 12 heavy (non-hydrogen) atoms. The quantitative estimate of drug-likeness (QED) is 0.432.